The molecule has 20 heavy (non-hydrogen) atoms. The van der Waals surface area contributed by atoms with Gasteiger partial charge in [-0.2, -0.15) is 0 Å². The predicted octanol–water partition coefficient (Wildman–Crippen LogP) is 2.42. The van der Waals surface area contributed by atoms with Crippen LogP contribution in [0.15, 0.2) is 12.4 Å². The van der Waals surface area contributed by atoms with Crippen molar-refractivity contribution in [1.82, 2.24) is 19.4 Å². The van der Waals surface area contributed by atoms with E-state index in [-0.39, 0.29) is 0 Å². The van der Waals surface area contributed by atoms with Crippen LogP contribution < -0.4 is 0 Å². The van der Waals surface area contributed by atoms with Gasteiger partial charge in [0.2, 0.25) is 0 Å². The molecule has 0 atom stereocenters. The standard InChI is InChI=1S/C16H30N4/c1-14(2)19-11-6-15(7-12-19)16-17-8-13-20(16)10-5-9-18(3)4/h8,13-15H,5-7,9-12H2,1-4H3. The molecule has 1 aliphatic heterocycles. The zero-order valence-electron chi connectivity index (χ0n) is 13.5. The number of likely N-dealkylation sites (tertiary alicyclic amines) is 1. The van der Waals surface area contributed by atoms with Gasteiger partial charge in [0.1, 0.15) is 5.82 Å². The van der Waals surface area contributed by atoms with E-state index < -0.39 is 0 Å². The van der Waals surface area contributed by atoms with Gasteiger partial charge in [-0.1, -0.05) is 0 Å². The number of piperidine rings is 1. The summed E-state index contributed by atoms with van der Waals surface area (Å²) in [5.41, 5.74) is 0. The number of nitrogens with zero attached hydrogens (tertiary/aromatic N) is 4. The Hall–Kier alpha value is -0.870. The number of rotatable bonds is 6. The van der Waals surface area contributed by atoms with Gasteiger partial charge >= 0.3 is 0 Å². The van der Waals surface area contributed by atoms with E-state index in [4.69, 9.17) is 0 Å². The van der Waals surface area contributed by atoms with Crippen molar-refractivity contribution >= 4 is 0 Å². The number of hydrogen-bond donors (Lipinski definition) is 0. The molecule has 0 spiro atoms. The molecule has 0 radical (unpaired) electrons. The van der Waals surface area contributed by atoms with Crippen molar-refractivity contribution < 1.29 is 0 Å². The zero-order chi connectivity index (χ0) is 14.5. The van der Waals surface area contributed by atoms with Crippen molar-refractivity contribution in [2.24, 2.45) is 0 Å². The maximum absolute atomic E-state index is 4.64. The van der Waals surface area contributed by atoms with E-state index in [1.54, 1.807) is 0 Å². The largest absolute Gasteiger partial charge is 0.335 e. The first-order chi connectivity index (χ1) is 9.58. The van der Waals surface area contributed by atoms with E-state index in [0.717, 1.165) is 13.1 Å². The Bertz CT molecular complexity index is 389. The van der Waals surface area contributed by atoms with Crippen LogP contribution in [-0.2, 0) is 6.54 Å². The third kappa shape index (κ3) is 4.06. The molecule has 114 valence electrons. The average Bonchev–Trinajstić information content (AvgIpc) is 2.87. The molecular formula is C16H30N4. The quantitative estimate of drug-likeness (QED) is 0.799. The fourth-order valence-electron chi connectivity index (χ4n) is 3.10. The Kier molecular flexibility index (Phi) is 5.61. The third-order valence-corrected chi connectivity index (χ3v) is 4.38. The van der Waals surface area contributed by atoms with E-state index in [2.05, 4.69) is 53.5 Å². The third-order valence-electron chi connectivity index (χ3n) is 4.38. The second-order valence-electron chi connectivity index (χ2n) is 6.54. The molecule has 1 saturated heterocycles. The smallest absolute Gasteiger partial charge is 0.111 e. The topological polar surface area (TPSA) is 24.3 Å². The molecule has 0 N–H and O–H groups in total. The molecule has 2 rings (SSSR count). The number of imidazole rings is 1. The lowest BCUT2D eigenvalue weighted by molar-refractivity contribution is 0.168. The Morgan fingerprint density at radius 1 is 1.30 bits per heavy atom. The van der Waals surface area contributed by atoms with Gasteiger partial charge in [0, 0.05) is 30.9 Å². The van der Waals surface area contributed by atoms with Crippen molar-refractivity contribution in [2.75, 3.05) is 33.7 Å². The van der Waals surface area contributed by atoms with E-state index in [1.807, 2.05) is 6.20 Å². The molecule has 1 aliphatic rings. The lowest BCUT2D eigenvalue weighted by Gasteiger charge is -2.34. The summed E-state index contributed by atoms with van der Waals surface area (Å²) in [6, 6.07) is 0.677. The van der Waals surface area contributed by atoms with Crippen LogP contribution in [0.4, 0.5) is 0 Å². The molecular weight excluding hydrogens is 248 g/mol. The molecule has 4 heteroatoms. The summed E-state index contributed by atoms with van der Waals surface area (Å²) in [4.78, 5) is 9.47. The molecule has 0 amide bonds. The second kappa shape index (κ2) is 7.23. The molecule has 0 unspecified atom stereocenters. The summed E-state index contributed by atoms with van der Waals surface area (Å²) < 4.78 is 2.37. The van der Waals surface area contributed by atoms with Crippen molar-refractivity contribution in [2.45, 2.75) is 51.6 Å². The molecule has 1 aromatic rings. The van der Waals surface area contributed by atoms with Crippen LogP contribution >= 0.6 is 0 Å². The Morgan fingerprint density at radius 3 is 2.60 bits per heavy atom. The van der Waals surface area contributed by atoms with Gasteiger partial charge in [-0.05, 0) is 66.8 Å². The van der Waals surface area contributed by atoms with Crippen molar-refractivity contribution in [3.63, 3.8) is 0 Å². The van der Waals surface area contributed by atoms with Crippen LogP contribution in [0.2, 0.25) is 0 Å². The minimum atomic E-state index is 0.652. The minimum absolute atomic E-state index is 0.652. The van der Waals surface area contributed by atoms with Gasteiger partial charge in [-0.15, -0.1) is 0 Å². The first-order valence-electron chi connectivity index (χ1n) is 7.97. The maximum atomic E-state index is 4.64. The normalized spacial score (nSPS) is 18.3. The molecule has 2 heterocycles. The summed E-state index contributed by atoms with van der Waals surface area (Å²) in [6.07, 6.45) is 7.83. The molecule has 0 bridgehead atoms. The Labute approximate surface area is 123 Å². The zero-order valence-corrected chi connectivity index (χ0v) is 13.5. The monoisotopic (exact) mass is 278 g/mol. The maximum Gasteiger partial charge on any atom is 0.111 e. The second-order valence-corrected chi connectivity index (χ2v) is 6.54. The van der Waals surface area contributed by atoms with Crippen LogP contribution in [0, 0.1) is 0 Å². The highest BCUT2D eigenvalue weighted by Crippen LogP contribution is 2.27. The SMILES string of the molecule is CC(C)N1CCC(c2nccn2CCCN(C)C)CC1. The summed E-state index contributed by atoms with van der Waals surface area (Å²) in [7, 11) is 4.27. The van der Waals surface area contributed by atoms with Gasteiger partial charge in [-0.25, -0.2) is 4.98 Å². The first-order valence-corrected chi connectivity index (χ1v) is 7.97. The van der Waals surface area contributed by atoms with Crippen LogP contribution in [0.3, 0.4) is 0 Å². The lowest BCUT2D eigenvalue weighted by Crippen LogP contribution is -2.38. The number of aryl methyl sites for hydroxylation is 1. The number of aromatic nitrogens is 2. The fourth-order valence-corrected chi connectivity index (χ4v) is 3.10. The van der Waals surface area contributed by atoms with Crippen LogP contribution in [0.25, 0.3) is 0 Å². The summed E-state index contributed by atoms with van der Waals surface area (Å²) >= 11 is 0. The summed E-state index contributed by atoms with van der Waals surface area (Å²) in [6.45, 7) is 9.26. The van der Waals surface area contributed by atoms with Crippen molar-refractivity contribution in [3.8, 4) is 0 Å². The predicted molar refractivity (Wildman–Crippen MR) is 84.1 cm³/mol. The van der Waals surface area contributed by atoms with Crippen LogP contribution in [-0.4, -0.2) is 59.1 Å². The van der Waals surface area contributed by atoms with Gasteiger partial charge in [0.25, 0.3) is 0 Å². The highest BCUT2D eigenvalue weighted by atomic mass is 15.2. The van der Waals surface area contributed by atoms with Crippen LogP contribution in [0.1, 0.15) is 44.9 Å². The Morgan fingerprint density at radius 2 is 2.00 bits per heavy atom. The average molecular weight is 278 g/mol. The highest BCUT2D eigenvalue weighted by Gasteiger charge is 2.24. The summed E-state index contributed by atoms with van der Waals surface area (Å²) in [5, 5.41) is 0. The number of hydrogen-bond acceptors (Lipinski definition) is 3. The van der Waals surface area contributed by atoms with Gasteiger partial charge in [-0.3, -0.25) is 0 Å². The van der Waals surface area contributed by atoms with Gasteiger partial charge < -0.3 is 14.4 Å². The lowest BCUT2D eigenvalue weighted by atomic mass is 9.95. The van der Waals surface area contributed by atoms with Gasteiger partial charge in [0.15, 0.2) is 0 Å². The van der Waals surface area contributed by atoms with E-state index >= 15 is 0 Å². The molecule has 0 aromatic carbocycles. The Balaban J connectivity index is 1.88. The van der Waals surface area contributed by atoms with E-state index in [9.17, 15) is 0 Å². The van der Waals surface area contributed by atoms with E-state index in [1.165, 1.54) is 38.2 Å². The van der Waals surface area contributed by atoms with Crippen LogP contribution in [0.5, 0.6) is 0 Å². The molecule has 4 nitrogen and oxygen atoms in total. The first kappa shape index (κ1) is 15.5. The highest BCUT2D eigenvalue weighted by molar-refractivity contribution is 5.02. The fraction of sp³-hybridized carbons (Fsp3) is 0.812. The molecule has 1 fully saturated rings. The molecule has 0 saturated carbocycles. The minimum Gasteiger partial charge on any atom is -0.335 e. The van der Waals surface area contributed by atoms with Gasteiger partial charge in [0.05, 0.1) is 0 Å². The molecule has 1 aromatic heterocycles. The van der Waals surface area contributed by atoms with E-state index in [0.29, 0.717) is 12.0 Å². The molecule has 0 aliphatic carbocycles. The van der Waals surface area contributed by atoms with Crippen molar-refractivity contribution in [3.05, 3.63) is 18.2 Å². The van der Waals surface area contributed by atoms with Crippen molar-refractivity contribution in [1.29, 1.82) is 0 Å². The summed E-state index contributed by atoms with van der Waals surface area (Å²) in [5.74, 6) is 1.96.